The minimum absolute atomic E-state index is 0.0181. The maximum Gasteiger partial charge on any atom is 0.416 e. The van der Waals surface area contributed by atoms with Gasteiger partial charge in [0.2, 0.25) is 5.91 Å². The Labute approximate surface area is 212 Å². The number of nitrogens with zero attached hydrogens (tertiary/aromatic N) is 2. The van der Waals surface area contributed by atoms with Gasteiger partial charge in [-0.05, 0) is 81.6 Å². The number of hydrogen-bond acceptors (Lipinski definition) is 4. The number of alkyl halides is 3. The van der Waals surface area contributed by atoms with E-state index in [1.165, 1.54) is 17.0 Å². The van der Waals surface area contributed by atoms with Gasteiger partial charge < -0.3 is 19.9 Å². The van der Waals surface area contributed by atoms with Gasteiger partial charge in [0.1, 0.15) is 23.3 Å². The van der Waals surface area contributed by atoms with Gasteiger partial charge in [-0.15, -0.1) is 0 Å². The van der Waals surface area contributed by atoms with Gasteiger partial charge in [-0.2, -0.15) is 13.2 Å². The number of ether oxygens (including phenoxy) is 1. The Morgan fingerprint density at radius 3 is 2.35 bits per heavy atom. The molecule has 6 nitrogen and oxygen atoms in total. The van der Waals surface area contributed by atoms with Gasteiger partial charge in [-0.25, -0.2) is 13.6 Å². The van der Waals surface area contributed by atoms with E-state index in [4.69, 9.17) is 4.74 Å². The number of amides is 2. The lowest BCUT2D eigenvalue weighted by Gasteiger charge is -2.42. The highest BCUT2D eigenvalue weighted by Crippen LogP contribution is 2.30. The fraction of sp³-hybridized carbons (Fsp3) is 0.462. The molecule has 3 rings (SSSR count). The summed E-state index contributed by atoms with van der Waals surface area (Å²) in [5.74, 6) is -1.93. The number of carbonyl (C=O) groups is 2. The third-order valence-corrected chi connectivity index (χ3v) is 5.80. The highest BCUT2D eigenvalue weighted by molar-refractivity contribution is 5.87. The summed E-state index contributed by atoms with van der Waals surface area (Å²) < 4.78 is 71.8. The quantitative estimate of drug-likeness (QED) is 0.552. The molecule has 1 fully saturated rings. The second-order valence-electron chi connectivity index (χ2n) is 9.95. The molecule has 0 bridgehead atoms. The van der Waals surface area contributed by atoms with Crippen LogP contribution in [-0.4, -0.2) is 54.7 Å². The van der Waals surface area contributed by atoms with E-state index >= 15 is 0 Å². The Morgan fingerprint density at radius 2 is 1.73 bits per heavy atom. The van der Waals surface area contributed by atoms with E-state index in [2.05, 4.69) is 5.32 Å². The molecule has 0 saturated carbocycles. The van der Waals surface area contributed by atoms with Crippen LogP contribution < -0.4 is 10.2 Å². The van der Waals surface area contributed by atoms with Crippen LogP contribution in [0.1, 0.15) is 37.5 Å². The number of carbonyl (C=O) groups excluding carboxylic acids is 2. The lowest BCUT2D eigenvalue weighted by atomic mass is 10.1. The highest BCUT2D eigenvalue weighted by atomic mass is 19.4. The minimum atomic E-state index is -4.69. The smallest absolute Gasteiger partial charge is 0.416 e. The maximum absolute atomic E-state index is 13.7. The first kappa shape index (κ1) is 28.2. The van der Waals surface area contributed by atoms with Gasteiger partial charge in [0.25, 0.3) is 0 Å². The SMILES string of the molecule is Cc1cc(F)ccc1N1CCN(C(=O)OC(C)(C)C)CC1C(=O)NCCc1cc(F)cc(C(F)(F)F)c1. The summed E-state index contributed by atoms with van der Waals surface area (Å²) in [5.41, 5.74) is -0.544. The van der Waals surface area contributed by atoms with E-state index in [1.54, 1.807) is 38.7 Å². The molecule has 1 saturated heterocycles. The van der Waals surface area contributed by atoms with Crippen molar-refractivity contribution >= 4 is 17.7 Å². The summed E-state index contributed by atoms with van der Waals surface area (Å²) in [7, 11) is 0. The largest absolute Gasteiger partial charge is 0.444 e. The number of hydrogen-bond donors (Lipinski definition) is 1. The van der Waals surface area contributed by atoms with Gasteiger partial charge in [0.05, 0.1) is 12.1 Å². The number of benzene rings is 2. The Kier molecular flexibility index (Phi) is 8.34. The third kappa shape index (κ3) is 7.56. The molecule has 0 spiro atoms. The van der Waals surface area contributed by atoms with Crippen molar-refractivity contribution in [3.8, 4) is 0 Å². The van der Waals surface area contributed by atoms with Crippen molar-refractivity contribution in [1.29, 1.82) is 0 Å². The fourth-order valence-corrected chi connectivity index (χ4v) is 4.14. The molecule has 1 atom stereocenters. The molecule has 37 heavy (non-hydrogen) atoms. The van der Waals surface area contributed by atoms with Crippen molar-refractivity contribution in [1.82, 2.24) is 10.2 Å². The molecule has 2 aromatic rings. The zero-order chi connectivity index (χ0) is 27.5. The van der Waals surface area contributed by atoms with Crippen LogP contribution in [0.3, 0.4) is 0 Å². The second kappa shape index (κ2) is 10.9. The Morgan fingerprint density at radius 1 is 1.03 bits per heavy atom. The summed E-state index contributed by atoms with van der Waals surface area (Å²) >= 11 is 0. The van der Waals surface area contributed by atoms with E-state index in [0.29, 0.717) is 17.3 Å². The van der Waals surface area contributed by atoms with Gasteiger partial charge >= 0.3 is 12.3 Å². The van der Waals surface area contributed by atoms with Crippen molar-refractivity contribution in [2.45, 2.75) is 51.9 Å². The molecular weight excluding hydrogens is 497 g/mol. The summed E-state index contributed by atoms with van der Waals surface area (Å²) in [6.45, 7) is 7.34. The molecule has 2 amide bonds. The molecule has 1 N–H and O–H groups in total. The predicted molar refractivity (Wildman–Crippen MR) is 128 cm³/mol. The standard InChI is InChI=1S/C26H30F5N3O3/c1-16-11-19(27)5-6-21(16)34-10-9-33(24(36)37-25(2,3)4)15-22(34)23(35)32-8-7-17-12-18(26(29,30)31)14-20(28)13-17/h5-6,11-14,22H,7-10,15H2,1-4H3,(H,32,35). The van der Waals surface area contributed by atoms with E-state index < -0.39 is 47.0 Å². The van der Waals surface area contributed by atoms with E-state index in [-0.39, 0.29) is 38.2 Å². The lowest BCUT2D eigenvalue weighted by Crippen LogP contribution is -2.61. The first-order valence-corrected chi connectivity index (χ1v) is 11.8. The predicted octanol–water partition coefficient (Wildman–Crippen LogP) is 5.08. The molecule has 0 radical (unpaired) electrons. The van der Waals surface area contributed by atoms with Crippen molar-refractivity contribution in [2.75, 3.05) is 31.1 Å². The zero-order valence-corrected chi connectivity index (χ0v) is 21.1. The summed E-state index contributed by atoms with van der Waals surface area (Å²) in [6.07, 6.45) is -5.31. The summed E-state index contributed by atoms with van der Waals surface area (Å²) in [6, 6.07) is 5.54. The molecule has 1 aliphatic rings. The molecule has 202 valence electrons. The van der Waals surface area contributed by atoms with Gasteiger partial charge in [0, 0.05) is 25.3 Å². The molecule has 0 aromatic heterocycles. The number of anilines is 1. The van der Waals surface area contributed by atoms with Crippen LogP contribution in [0.25, 0.3) is 0 Å². The summed E-state index contributed by atoms with van der Waals surface area (Å²) in [4.78, 5) is 29.1. The number of aryl methyl sites for hydroxylation is 1. The third-order valence-electron chi connectivity index (χ3n) is 5.80. The minimum Gasteiger partial charge on any atom is -0.444 e. The zero-order valence-electron chi connectivity index (χ0n) is 21.1. The lowest BCUT2D eigenvalue weighted by molar-refractivity contribution is -0.137. The molecule has 11 heteroatoms. The number of halogens is 5. The van der Waals surface area contributed by atoms with Gasteiger partial charge in [0.15, 0.2) is 0 Å². The van der Waals surface area contributed by atoms with Gasteiger partial charge in [-0.3, -0.25) is 4.79 Å². The average molecular weight is 528 g/mol. The fourth-order valence-electron chi connectivity index (χ4n) is 4.14. The van der Waals surface area contributed by atoms with Crippen LogP contribution in [-0.2, 0) is 22.1 Å². The van der Waals surface area contributed by atoms with Crippen molar-refractivity contribution in [3.05, 3.63) is 64.7 Å². The Balaban J connectivity index is 1.77. The van der Waals surface area contributed by atoms with E-state index in [9.17, 15) is 31.5 Å². The molecule has 1 heterocycles. The van der Waals surface area contributed by atoms with Crippen LogP contribution in [0, 0.1) is 18.6 Å². The van der Waals surface area contributed by atoms with Crippen LogP contribution in [0.4, 0.5) is 32.4 Å². The van der Waals surface area contributed by atoms with Crippen LogP contribution in [0.5, 0.6) is 0 Å². The Hall–Kier alpha value is -3.37. The number of piperazine rings is 1. The van der Waals surface area contributed by atoms with Gasteiger partial charge in [-0.1, -0.05) is 0 Å². The first-order valence-electron chi connectivity index (χ1n) is 11.8. The summed E-state index contributed by atoms with van der Waals surface area (Å²) in [5, 5.41) is 2.68. The van der Waals surface area contributed by atoms with Crippen molar-refractivity contribution in [3.63, 3.8) is 0 Å². The van der Waals surface area contributed by atoms with E-state index in [1.807, 2.05) is 0 Å². The normalized spacial score (nSPS) is 16.5. The Bertz CT molecular complexity index is 1150. The molecule has 1 aliphatic heterocycles. The van der Waals surface area contributed by atoms with Crippen molar-refractivity contribution < 1.29 is 36.3 Å². The molecule has 2 aromatic carbocycles. The topological polar surface area (TPSA) is 61.9 Å². The monoisotopic (exact) mass is 527 g/mol. The van der Waals surface area contributed by atoms with Crippen molar-refractivity contribution in [2.24, 2.45) is 0 Å². The van der Waals surface area contributed by atoms with Crippen LogP contribution in [0.2, 0.25) is 0 Å². The maximum atomic E-state index is 13.7. The molecule has 1 unspecified atom stereocenters. The average Bonchev–Trinajstić information content (AvgIpc) is 2.76. The van der Waals surface area contributed by atoms with E-state index in [0.717, 1.165) is 12.1 Å². The highest BCUT2D eigenvalue weighted by Gasteiger charge is 2.37. The van der Waals surface area contributed by atoms with Crippen LogP contribution >= 0.6 is 0 Å². The number of rotatable bonds is 5. The number of nitrogens with one attached hydrogen (secondary N) is 1. The van der Waals surface area contributed by atoms with Crippen LogP contribution in [0.15, 0.2) is 36.4 Å². The second-order valence-corrected chi connectivity index (χ2v) is 9.95. The molecular formula is C26H30F5N3O3. The first-order chi connectivity index (χ1) is 17.1. The molecule has 0 aliphatic carbocycles.